The molecular formula is C14H24IN3O2S. The molecule has 0 saturated carbocycles. The summed E-state index contributed by atoms with van der Waals surface area (Å²) in [5, 5.41) is 3.05. The van der Waals surface area contributed by atoms with Crippen molar-refractivity contribution >= 4 is 47.4 Å². The lowest BCUT2D eigenvalue weighted by Crippen LogP contribution is -2.27. The van der Waals surface area contributed by atoms with E-state index in [2.05, 4.69) is 30.4 Å². The van der Waals surface area contributed by atoms with Crippen LogP contribution in [-0.2, 0) is 0 Å². The summed E-state index contributed by atoms with van der Waals surface area (Å²) >= 11 is 1.76. The maximum Gasteiger partial charge on any atom is 0.193 e. The summed E-state index contributed by atoms with van der Waals surface area (Å²) in [5.41, 5.74) is 6.70. The van der Waals surface area contributed by atoms with E-state index in [0.717, 1.165) is 5.69 Å². The number of methoxy groups -OCH3 is 2. The molecule has 120 valence electrons. The predicted molar refractivity (Wildman–Crippen MR) is 103 cm³/mol. The standard InChI is InChI=1S/C14H23N3O2S.HI/c1-14(2,20-5)9-16-13(15)17-10-6-7-11(18-3)12(8-10)19-4;/h6-8H,9H2,1-5H3,(H3,15,16,17);1H. The molecule has 0 bridgehead atoms. The van der Waals surface area contributed by atoms with Gasteiger partial charge < -0.3 is 20.5 Å². The number of aliphatic imine (C=N–C) groups is 1. The first-order chi connectivity index (χ1) is 9.41. The molecule has 1 aromatic carbocycles. The lowest BCUT2D eigenvalue weighted by atomic mass is 10.2. The van der Waals surface area contributed by atoms with Gasteiger partial charge in [0.2, 0.25) is 0 Å². The molecule has 0 aliphatic carbocycles. The second-order valence-electron chi connectivity index (χ2n) is 4.86. The Kier molecular flexibility index (Phi) is 8.88. The van der Waals surface area contributed by atoms with Gasteiger partial charge in [0.05, 0.1) is 20.8 Å². The van der Waals surface area contributed by atoms with Gasteiger partial charge in [0.15, 0.2) is 17.5 Å². The van der Waals surface area contributed by atoms with E-state index < -0.39 is 0 Å². The highest BCUT2D eigenvalue weighted by atomic mass is 127. The number of rotatable bonds is 6. The van der Waals surface area contributed by atoms with Gasteiger partial charge >= 0.3 is 0 Å². The van der Waals surface area contributed by atoms with Crippen LogP contribution >= 0.6 is 35.7 Å². The molecule has 5 nitrogen and oxygen atoms in total. The van der Waals surface area contributed by atoms with Gasteiger partial charge in [-0.05, 0) is 32.2 Å². The number of guanidine groups is 1. The fraction of sp³-hybridized carbons (Fsp3) is 0.500. The number of nitrogens with one attached hydrogen (secondary N) is 1. The van der Waals surface area contributed by atoms with Crippen molar-refractivity contribution in [3.8, 4) is 11.5 Å². The normalized spacial score (nSPS) is 11.6. The molecule has 1 aromatic rings. The minimum atomic E-state index is 0. The molecule has 0 aromatic heterocycles. The Balaban J connectivity index is 0.00000400. The molecule has 0 atom stereocenters. The van der Waals surface area contributed by atoms with E-state index in [4.69, 9.17) is 15.2 Å². The predicted octanol–water partition coefficient (Wildman–Crippen LogP) is 3.19. The first kappa shape index (κ1) is 20.2. The van der Waals surface area contributed by atoms with E-state index in [1.165, 1.54) is 0 Å². The van der Waals surface area contributed by atoms with Crippen LogP contribution in [0.3, 0.4) is 0 Å². The van der Waals surface area contributed by atoms with Crippen LogP contribution in [0.5, 0.6) is 11.5 Å². The number of ether oxygens (including phenoxy) is 2. The second kappa shape index (κ2) is 9.24. The van der Waals surface area contributed by atoms with Crippen molar-refractivity contribution in [3.63, 3.8) is 0 Å². The van der Waals surface area contributed by atoms with Crippen LogP contribution in [0.4, 0.5) is 5.69 Å². The van der Waals surface area contributed by atoms with Crippen molar-refractivity contribution in [2.75, 3.05) is 32.3 Å². The Bertz CT molecular complexity index is 481. The summed E-state index contributed by atoms with van der Waals surface area (Å²) in [7, 11) is 3.20. The summed E-state index contributed by atoms with van der Waals surface area (Å²) in [6, 6.07) is 5.50. The van der Waals surface area contributed by atoms with Gasteiger partial charge in [-0.3, -0.25) is 4.99 Å². The molecule has 0 heterocycles. The fourth-order valence-electron chi connectivity index (χ4n) is 1.44. The highest BCUT2D eigenvalue weighted by Crippen LogP contribution is 2.29. The van der Waals surface area contributed by atoms with Gasteiger partial charge in [0.25, 0.3) is 0 Å². The van der Waals surface area contributed by atoms with E-state index in [0.29, 0.717) is 24.0 Å². The number of thioether (sulfide) groups is 1. The number of halogens is 1. The van der Waals surface area contributed by atoms with E-state index in [-0.39, 0.29) is 28.7 Å². The average Bonchev–Trinajstić information content (AvgIpc) is 2.45. The Morgan fingerprint density at radius 1 is 1.29 bits per heavy atom. The SMILES string of the molecule is COc1ccc(NC(N)=NCC(C)(C)SC)cc1OC.I. The van der Waals surface area contributed by atoms with Crippen molar-refractivity contribution in [2.24, 2.45) is 10.7 Å². The number of nitrogens with two attached hydrogens (primary N) is 1. The molecule has 0 amide bonds. The monoisotopic (exact) mass is 425 g/mol. The minimum Gasteiger partial charge on any atom is -0.493 e. The Labute approximate surface area is 148 Å². The van der Waals surface area contributed by atoms with Crippen molar-refractivity contribution in [1.82, 2.24) is 0 Å². The zero-order valence-electron chi connectivity index (χ0n) is 13.1. The Morgan fingerprint density at radius 3 is 2.43 bits per heavy atom. The molecule has 21 heavy (non-hydrogen) atoms. The summed E-state index contributed by atoms with van der Waals surface area (Å²) < 4.78 is 10.5. The molecule has 0 aliphatic rings. The van der Waals surface area contributed by atoms with Gasteiger partial charge in [0, 0.05) is 16.5 Å². The highest BCUT2D eigenvalue weighted by molar-refractivity contribution is 14.0. The summed E-state index contributed by atoms with van der Waals surface area (Å²) in [6.07, 6.45) is 2.06. The molecule has 0 radical (unpaired) electrons. The maximum absolute atomic E-state index is 5.89. The smallest absolute Gasteiger partial charge is 0.193 e. The molecule has 0 saturated heterocycles. The molecular weight excluding hydrogens is 401 g/mol. The molecule has 0 aliphatic heterocycles. The quantitative estimate of drug-likeness (QED) is 0.416. The summed E-state index contributed by atoms with van der Waals surface area (Å²) in [6.45, 7) is 4.91. The van der Waals surface area contributed by atoms with E-state index >= 15 is 0 Å². The third kappa shape index (κ3) is 6.64. The molecule has 0 fully saturated rings. The number of hydrogen-bond acceptors (Lipinski definition) is 4. The van der Waals surface area contributed by atoms with Gasteiger partial charge in [-0.1, -0.05) is 0 Å². The van der Waals surface area contributed by atoms with Gasteiger partial charge in [-0.25, -0.2) is 0 Å². The fourth-order valence-corrected chi connectivity index (χ4v) is 1.64. The second-order valence-corrected chi connectivity index (χ2v) is 6.37. The first-order valence-corrected chi connectivity index (χ1v) is 7.48. The zero-order valence-corrected chi connectivity index (χ0v) is 16.2. The summed E-state index contributed by atoms with van der Waals surface area (Å²) in [4.78, 5) is 4.35. The van der Waals surface area contributed by atoms with E-state index in [1.807, 2.05) is 18.2 Å². The first-order valence-electron chi connectivity index (χ1n) is 6.26. The van der Waals surface area contributed by atoms with Crippen molar-refractivity contribution in [3.05, 3.63) is 18.2 Å². The van der Waals surface area contributed by atoms with Crippen LogP contribution in [0.1, 0.15) is 13.8 Å². The van der Waals surface area contributed by atoms with Crippen LogP contribution in [0.15, 0.2) is 23.2 Å². The van der Waals surface area contributed by atoms with Gasteiger partial charge in [0.1, 0.15) is 0 Å². The Hall–Kier alpha value is -0.830. The molecule has 1 rings (SSSR count). The van der Waals surface area contributed by atoms with E-state index in [1.54, 1.807) is 26.0 Å². The van der Waals surface area contributed by atoms with Crippen LogP contribution in [0.25, 0.3) is 0 Å². The number of nitrogens with zero attached hydrogens (tertiary/aromatic N) is 1. The van der Waals surface area contributed by atoms with Crippen LogP contribution < -0.4 is 20.5 Å². The highest BCUT2D eigenvalue weighted by Gasteiger charge is 2.15. The summed E-state index contributed by atoms with van der Waals surface area (Å²) in [5.74, 6) is 1.71. The Morgan fingerprint density at radius 2 is 1.90 bits per heavy atom. The van der Waals surface area contributed by atoms with Crippen LogP contribution in [-0.4, -0.2) is 37.7 Å². The molecule has 0 unspecified atom stereocenters. The van der Waals surface area contributed by atoms with E-state index in [9.17, 15) is 0 Å². The third-order valence-corrected chi connectivity index (χ3v) is 4.07. The van der Waals surface area contributed by atoms with Crippen LogP contribution in [0, 0.1) is 0 Å². The minimum absolute atomic E-state index is 0. The van der Waals surface area contributed by atoms with Crippen molar-refractivity contribution < 1.29 is 9.47 Å². The number of benzene rings is 1. The molecule has 0 spiro atoms. The number of hydrogen-bond donors (Lipinski definition) is 2. The van der Waals surface area contributed by atoms with Gasteiger partial charge in [-0.15, -0.1) is 24.0 Å². The average molecular weight is 425 g/mol. The maximum atomic E-state index is 5.89. The molecule has 7 heteroatoms. The lowest BCUT2D eigenvalue weighted by molar-refractivity contribution is 0.355. The zero-order chi connectivity index (χ0) is 15.2. The van der Waals surface area contributed by atoms with Gasteiger partial charge in [-0.2, -0.15) is 11.8 Å². The molecule has 3 N–H and O–H groups in total. The topological polar surface area (TPSA) is 68.9 Å². The van der Waals surface area contributed by atoms with Crippen LogP contribution in [0.2, 0.25) is 0 Å². The van der Waals surface area contributed by atoms with Crippen molar-refractivity contribution in [2.45, 2.75) is 18.6 Å². The lowest BCUT2D eigenvalue weighted by Gasteiger charge is -2.19. The third-order valence-electron chi connectivity index (χ3n) is 2.84. The number of anilines is 1. The van der Waals surface area contributed by atoms with Crippen molar-refractivity contribution in [1.29, 1.82) is 0 Å². The largest absolute Gasteiger partial charge is 0.493 e.